The summed E-state index contributed by atoms with van der Waals surface area (Å²) in [5.74, 6) is 0.0316. The summed E-state index contributed by atoms with van der Waals surface area (Å²) in [5.41, 5.74) is 1.03. The van der Waals surface area contributed by atoms with E-state index in [4.69, 9.17) is 4.74 Å². The Hall–Kier alpha value is -2.14. The van der Waals surface area contributed by atoms with Crippen LogP contribution in [0.2, 0.25) is 0 Å². The highest BCUT2D eigenvalue weighted by Crippen LogP contribution is 2.20. The van der Waals surface area contributed by atoms with Crippen molar-refractivity contribution in [2.24, 2.45) is 0 Å². The van der Waals surface area contributed by atoms with Crippen LogP contribution in [-0.2, 0) is 4.79 Å². The second-order valence-corrected chi connectivity index (χ2v) is 5.71. The number of carbonyl (C=O) groups excluding carboxylic acids is 1. The minimum Gasteiger partial charge on any atom is -0.465 e. The average molecular weight is 300 g/mol. The van der Waals surface area contributed by atoms with Crippen LogP contribution < -0.4 is 4.74 Å². The Labute approximate surface area is 127 Å². The first-order chi connectivity index (χ1) is 10.3. The molecule has 1 aromatic heterocycles. The molecule has 21 heavy (non-hydrogen) atoms. The van der Waals surface area contributed by atoms with E-state index in [2.05, 4.69) is 4.98 Å². The van der Waals surface area contributed by atoms with E-state index in [0.29, 0.717) is 11.7 Å². The molecule has 0 aliphatic carbocycles. The number of hydrogen-bond donors (Lipinski definition) is 0. The maximum atomic E-state index is 12.1. The molecule has 1 atom stereocenters. The fourth-order valence-corrected chi connectivity index (χ4v) is 2.82. The number of likely N-dealkylation sites (tertiary alicyclic amines) is 1. The van der Waals surface area contributed by atoms with Crippen molar-refractivity contribution in [3.8, 4) is 5.19 Å². The van der Waals surface area contributed by atoms with E-state index >= 15 is 0 Å². The maximum absolute atomic E-state index is 12.1. The number of rotatable bonds is 4. The van der Waals surface area contributed by atoms with Gasteiger partial charge in [-0.15, -0.1) is 0 Å². The quantitative estimate of drug-likeness (QED) is 0.815. The van der Waals surface area contributed by atoms with Gasteiger partial charge in [0.15, 0.2) is 0 Å². The van der Waals surface area contributed by atoms with Crippen LogP contribution in [0.4, 0.5) is 0 Å². The Morgan fingerprint density at radius 3 is 3.00 bits per heavy atom. The van der Waals surface area contributed by atoms with Gasteiger partial charge in [0.05, 0.1) is 6.54 Å². The Morgan fingerprint density at radius 2 is 2.24 bits per heavy atom. The Kier molecular flexibility index (Phi) is 4.31. The van der Waals surface area contributed by atoms with Crippen LogP contribution in [0.3, 0.4) is 0 Å². The summed E-state index contributed by atoms with van der Waals surface area (Å²) in [4.78, 5) is 18.1. The topological polar surface area (TPSA) is 42.4 Å². The van der Waals surface area contributed by atoms with Crippen LogP contribution in [0.15, 0.2) is 48.0 Å². The summed E-state index contributed by atoms with van der Waals surface area (Å²) < 4.78 is 5.75. The highest BCUT2D eigenvalue weighted by atomic mass is 32.1. The van der Waals surface area contributed by atoms with E-state index in [-0.39, 0.29) is 12.0 Å². The van der Waals surface area contributed by atoms with Crippen molar-refractivity contribution in [2.75, 3.05) is 13.1 Å². The van der Waals surface area contributed by atoms with Crippen molar-refractivity contribution >= 4 is 23.3 Å². The van der Waals surface area contributed by atoms with Gasteiger partial charge < -0.3 is 9.64 Å². The summed E-state index contributed by atoms with van der Waals surface area (Å²) >= 11 is 1.48. The minimum atomic E-state index is 0.0316. The summed E-state index contributed by atoms with van der Waals surface area (Å²) in [6, 6.07) is 9.82. The molecule has 2 aromatic rings. The standard InChI is InChI=1S/C16H16N2O2S/c19-15(7-6-13-4-2-1-3-5-13)18-10-8-14(12-18)20-16-17-9-11-21-16/h1-7,9,11,14H,8,10,12H2/b7-6+/t14-/m1/s1. The summed E-state index contributed by atoms with van der Waals surface area (Å²) in [6.07, 6.45) is 6.09. The lowest BCUT2D eigenvalue weighted by Gasteiger charge is -2.14. The molecule has 0 unspecified atom stereocenters. The molecule has 0 spiro atoms. The molecule has 3 rings (SSSR count). The minimum absolute atomic E-state index is 0.0316. The second kappa shape index (κ2) is 6.54. The number of ether oxygens (including phenoxy) is 1. The van der Waals surface area contributed by atoms with Crippen LogP contribution in [0.1, 0.15) is 12.0 Å². The van der Waals surface area contributed by atoms with Crippen molar-refractivity contribution < 1.29 is 9.53 Å². The molecule has 1 aliphatic heterocycles. The molecular weight excluding hydrogens is 284 g/mol. The molecule has 5 heteroatoms. The fourth-order valence-electron chi connectivity index (χ4n) is 2.27. The molecule has 0 saturated carbocycles. The number of nitrogens with zero attached hydrogens (tertiary/aromatic N) is 2. The number of aromatic nitrogens is 1. The lowest BCUT2D eigenvalue weighted by molar-refractivity contribution is -0.125. The maximum Gasteiger partial charge on any atom is 0.273 e. The summed E-state index contributed by atoms with van der Waals surface area (Å²) in [5, 5.41) is 2.56. The van der Waals surface area contributed by atoms with Crippen molar-refractivity contribution in [1.82, 2.24) is 9.88 Å². The van der Waals surface area contributed by atoms with Gasteiger partial charge in [-0.3, -0.25) is 4.79 Å². The van der Waals surface area contributed by atoms with Gasteiger partial charge in [-0.2, -0.15) is 0 Å². The first kappa shape index (κ1) is 13.8. The van der Waals surface area contributed by atoms with Crippen molar-refractivity contribution in [3.63, 3.8) is 0 Å². The van der Waals surface area contributed by atoms with Crippen LogP contribution in [0.25, 0.3) is 6.08 Å². The van der Waals surface area contributed by atoms with E-state index < -0.39 is 0 Å². The predicted octanol–water partition coefficient (Wildman–Crippen LogP) is 2.84. The number of benzene rings is 1. The fraction of sp³-hybridized carbons (Fsp3) is 0.250. The summed E-state index contributed by atoms with van der Waals surface area (Å²) in [6.45, 7) is 1.35. The molecule has 1 fully saturated rings. The number of hydrogen-bond acceptors (Lipinski definition) is 4. The molecule has 1 amide bonds. The van der Waals surface area contributed by atoms with Gasteiger partial charge in [-0.25, -0.2) is 4.98 Å². The molecule has 4 nitrogen and oxygen atoms in total. The monoisotopic (exact) mass is 300 g/mol. The number of carbonyl (C=O) groups is 1. The molecule has 1 aliphatic rings. The van der Waals surface area contributed by atoms with Gasteiger partial charge in [-0.05, 0) is 11.6 Å². The predicted molar refractivity (Wildman–Crippen MR) is 83.2 cm³/mol. The molecule has 2 heterocycles. The first-order valence-electron chi connectivity index (χ1n) is 6.89. The van der Waals surface area contributed by atoms with Crippen LogP contribution in [0, 0.1) is 0 Å². The highest BCUT2D eigenvalue weighted by molar-refractivity contribution is 7.11. The number of thiazole rings is 1. The van der Waals surface area contributed by atoms with E-state index in [9.17, 15) is 4.79 Å². The van der Waals surface area contributed by atoms with E-state index in [1.807, 2.05) is 46.7 Å². The normalized spacial score (nSPS) is 18.3. The molecular formula is C16H16N2O2S. The Balaban J connectivity index is 1.53. The van der Waals surface area contributed by atoms with Gasteiger partial charge >= 0.3 is 0 Å². The van der Waals surface area contributed by atoms with E-state index in [1.165, 1.54) is 11.3 Å². The zero-order valence-corrected chi connectivity index (χ0v) is 12.3. The van der Waals surface area contributed by atoms with Crippen LogP contribution in [-0.4, -0.2) is 35.0 Å². The first-order valence-corrected chi connectivity index (χ1v) is 7.77. The van der Waals surface area contributed by atoms with Gasteiger partial charge in [0.25, 0.3) is 5.19 Å². The van der Waals surface area contributed by atoms with Crippen molar-refractivity contribution in [1.29, 1.82) is 0 Å². The Bertz CT molecular complexity index is 610. The van der Waals surface area contributed by atoms with Crippen LogP contribution in [0.5, 0.6) is 5.19 Å². The molecule has 108 valence electrons. The zero-order chi connectivity index (χ0) is 14.5. The largest absolute Gasteiger partial charge is 0.465 e. The lowest BCUT2D eigenvalue weighted by Crippen LogP contribution is -2.29. The van der Waals surface area contributed by atoms with Gasteiger partial charge in [0.2, 0.25) is 5.91 Å². The van der Waals surface area contributed by atoms with Gasteiger partial charge in [0, 0.05) is 30.6 Å². The van der Waals surface area contributed by atoms with Crippen molar-refractivity contribution in [2.45, 2.75) is 12.5 Å². The van der Waals surface area contributed by atoms with Crippen LogP contribution >= 0.6 is 11.3 Å². The van der Waals surface area contributed by atoms with E-state index in [1.54, 1.807) is 12.3 Å². The molecule has 1 saturated heterocycles. The average Bonchev–Trinajstić information content (AvgIpc) is 3.18. The lowest BCUT2D eigenvalue weighted by atomic mass is 10.2. The molecule has 0 bridgehead atoms. The second-order valence-electron chi connectivity index (χ2n) is 4.85. The third-order valence-electron chi connectivity index (χ3n) is 3.35. The molecule has 0 radical (unpaired) electrons. The number of amides is 1. The van der Waals surface area contributed by atoms with Crippen molar-refractivity contribution in [3.05, 3.63) is 53.5 Å². The SMILES string of the molecule is O=C(/C=C/c1ccccc1)N1CC[C@@H](Oc2nccs2)C1. The third-order valence-corrected chi connectivity index (χ3v) is 4.01. The third kappa shape index (κ3) is 3.70. The smallest absolute Gasteiger partial charge is 0.273 e. The van der Waals surface area contributed by atoms with Gasteiger partial charge in [-0.1, -0.05) is 41.7 Å². The molecule has 1 aromatic carbocycles. The summed E-state index contributed by atoms with van der Waals surface area (Å²) in [7, 11) is 0. The van der Waals surface area contributed by atoms with E-state index in [0.717, 1.165) is 18.5 Å². The Morgan fingerprint density at radius 1 is 1.38 bits per heavy atom. The molecule has 0 N–H and O–H groups in total. The zero-order valence-electron chi connectivity index (χ0n) is 11.5. The highest BCUT2D eigenvalue weighted by Gasteiger charge is 2.26. The van der Waals surface area contributed by atoms with Gasteiger partial charge in [0.1, 0.15) is 6.10 Å².